The second kappa shape index (κ2) is 9.31. The van der Waals surface area contributed by atoms with Gasteiger partial charge in [-0.1, -0.05) is 0 Å². The van der Waals surface area contributed by atoms with Gasteiger partial charge < -0.3 is 28.6 Å². The molecule has 0 saturated carbocycles. The number of carbonyl (C=O) groups is 2. The van der Waals surface area contributed by atoms with Crippen molar-refractivity contribution >= 4 is 11.9 Å². The zero-order valence-electron chi connectivity index (χ0n) is 15.3. The molecule has 0 unspecified atom stereocenters. The molecule has 1 heterocycles. The lowest BCUT2D eigenvalue weighted by atomic mass is 9.80. The minimum Gasteiger partial charge on any atom is -0.444 e. The molecule has 1 amide bonds. The topological polar surface area (TPSA) is 83.5 Å². The normalized spacial score (nSPS) is 17.9. The van der Waals surface area contributed by atoms with Crippen molar-refractivity contribution in [2.45, 2.75) is 32.8 Å². The SMILES string of the molecule is COCOCC1(COCOC)CN(C(=O)OC(C)(C)C)CCC1=O. The number of hydrogen-bond donors (Lipinski definition) is 0. The molecule has 0 radical (unpaired) electrons. The summed E-state index contributed by atoms with van der Waals surface area (Å²) in [6.45, 7) is 6.23. The van der Waals surface area contributed by atoms with Gasteiger partial charge in [-0.3, -0.25) is 4.79 Å². The lowest BCUT2D eigenvalue weighted by Crippen LogP contribution is -2.56. The van der Waals surface area contributed by atoms with E-state index in [0.717, 1.165) is 0 Å². The van der Waals surface area contributed by atoms with Crippen molar-refractivity contribution in [3.05, 3.63) is 0 Å². The van der Waals surface area contributed by atoms with Gasteiger partial charge in [0.1, 0.15) is 25.0 Å². The van der Waals surface area contributed by atoms with E-state index < -0.39 is 17.1 Å². The van der Waals surface area contributed by atoms with Gasteiger partial charge >= 0.3 is 6.09 Å². The summed E-state index contributed by atoms with van der Waals surface area (Å²) in [6, 6.07) is 0. The van der Waals surface area contributed by atoms with E-state index in [4.69, 9.17) is 23.7 Å². The molecule has 1 fully saturated rings. The van der Waals surface area contributed by atoms with E-state index in [1.165, 1.54) is 19.1 Å². The van der Waals surface area contributed by atoms with Crippen LogP contribution < -0.4 is 0 Å². The third-order valence-electron chi connectivity index (χ3n) is 3.50. The number of nitrogens with zero attached hydrogens (tertiary/aromatic N) is 1. The van der Waals surface area contributed by atoms with E-state index in [0.29, 0.717) is 6.54 Å². The van der Waals surface area contributed by atoms with Crippen LogP contribution >= 0.6 is 0 Å². The molecule has 0 aliphatic carbocycles. The third-order valence-corrected chi connectivity index (χ3v) is 3.50. The number of hydrogen-bond acceptors (Lipinski definition) is 7. The van der Waals surface area contributed by atoms with E-state index >= 15 is 0 Å². The van der Waals surface area contributed by atoms with Gasteiger partial charge in [-0.05, 0) is 20.8 Å². The molecule has 0 aromatic heterocycles. The Morgan fingerprint density at radius 1 is 1.12 bits per heavy atom. The van der Waals surface area contributed by atoms with Crippen LogP contribution in [0.3, 0.4) is 0 Å². The number of methoxy groups -OCH3 is 2. The Morgan fingerprint density at radius 2 is 1.67 bits per heavy atom. The number of likely N-dealkylation sites (tertiary alicyclic amines) is 1. The van der Waals surface area contributed by atoms with Crippen LogP contribution in [0, 0.1) is 5.41 Å². The average Bonchev–Trinajstić information content (AvgIpc) is 2.48. The lowest BCUT2D eigenvalue weighted by Gasteiger charge is -2.41. The van der Waals surface area contributed by atoms with Crippen molar-refractivity contribution in [1.82, 2.24) is 4.90 Å². The van der Waals surface area contributed by atoms with Crippen molar-refractivity contribution in [2.24, 2.45) is 5.41 Å². The van der Waals surface area contributed by atoms with Crippen LogP contribution in [0.1, 0.15) is 27.2 Å². The first kappa shape index (κ1) is 20.8. The molecule has 24 heavy (non-hydrogen) atoms. The summed E-state index contributed by atoms with van der Waals surface area (Å²) in [5.74, 6) is -0.00508. The quantitative estimate of drug-likeness (QED) is 0.485. The number of rotatable bonds is 8. The van der Waals surface area contributed by atoms with Crippen LogP contribution in [0.5, 0.6) is 0 Å². The maximum Gasteiger partial charge on any atom is 0.410 e. The molecule has 0 aromatic rings. The van der Waals surface area contributed by atoms with Crippen molar-refractivity contribution in [3.63, 3.8) is 0 Å². The summed E-state index contributed by atoms with van der Waals surface area (Å²) in [6.07, 6.45) is -0.218. The molecule has 0 atom stereocenters. The van der Waals surface area contributed by atoms with Crippen molar-refractivity contribution in [2.75, 3.05) is 54.1 Å². The van der Waals surface area contributed by atoms with Crippen molar-refractivity contribution in [1.29, 1.82) is 0 Å². The predicted molar refractivity (Wildman–Crippen MR) is 85.5 cm³/mol. The van der Waals surface area contributed by atoms with Crippen LogP contribution in [-0.4, -0.2) is 76.5 Å². The molecule has 8 nitrogen and oxygen atoms in total. The van der Waals surface area contributed by atoms with Gasteiger partial charge in [0, 0.05) is 33.7 Å². The molecular weight excluding hydrogens is 318 g/mol. The van der Waals surface area contributed by atoms with Crippen molar-refractivity contribution < 1.29 is 33.3 Å². The minimum atomic E-state index is -0.952. The maximum atomic E-state index is 12.5. The highest BCUT2D eigenvalue weighted by atomic mass is 16.7. The summed E-state index contributed by atoms with van der Waals surface area (Å²) >= 11 is 0. The average molecular weight is 347 g/mol. The molecule has 1 rings (SSSR count). The van der Waals surface area contributed by atoms with Crippen LogP contribution in [0.25, 0.3) is 0 Å². The number of piperidine rings is 1. The van der Waals surface area contributed by atoms with Gasteiger partial charge in [0.15, 0.2) is 0 Å². The number of ether oxygens (including phenoxy) is 5. The molecular formula is C16H29NO7. The number of amides is 1. The summed E-state index contributed by atoms with van der Waals surface area (Å²) in [5, 5.41) is 0. The van der Waals surface area contributed by atoms with Gasteiger partial charge in [0.2, 0.25) is 0 Å². The van der Waals surface area contributed by atoms with Crippen LogP contribution in [0.15, 0.2) is 0 Å². The second-order valence-corrected chi connectivity index (χ2v) is 6.87. The monoisotopic (exact) mass is 347 g/mol. The highest BCUT2D eigenvalue weighted by molar-refractivity contribution is 5.88. The number of Topliss-reactive ketones (excluding diaryl/α,β-unsaturated/α-hetero) is 1. The maximum absolute atomic E-state index is 12.5. The van der Waals surface area contributed by atoms with E-state index in [1.807, 2.05) is 0 Å². The predicted octanol–water partition coefficient (Wildman–Crippen LogP) is 1.42. The zero-order chi connectivity index (χ0) is 18.2. The molecule has 0 N–H and O–H groups in total. The fourth-order valence-electron chi connectivity index (χ4n) is 2.45. The van der Waals surface area contributed by atoms with Crippen molar-refractivity contribution in [3.8, 4) is 0 Å². The largest absolute Gasteiger partial charge is 0.444 e. The third kappa shape index (κ3) is 6.35. The summed E-state index contributed by atoms with van der Waals surface area (Å²) < 4.78 is 26.0. The molecule has 1 saturated heterocycles. The Morgan fingerprint density at radius 3 is 2.12 bits per heavy atom. The van der Waals surface area contributed by atoms with Gasteiger partial charge in [-0.25, -0.2) is 4.79 Å². The Hall–Kier alpha value is -1.22. The smallest absolute Gasteiger partial charge is 0.410 e. The molecule has 0 spiro atoms. The fraction of sp³-hybridized carbons (Fsp3) is 0.875. The van der Waals surface area contributed by atoms with E-state index in [2.05, 4.69) is 0 Å². The van der Waals surface area contributed by atoms with Crippen LogP contribution in [0.4, 0.5) is 4.79 Å². The van der Waals surface area contributed by atoms with E-state index in [1.54, 1.807) is 20.8 Å². The summed E-state index contributed by atoms with van der Waals surface area (Å²) in [4.78, 5) is 26.4. The molecule has 1 aliphatic rings. The summed E-state index contributed by atoms with van der Waals surface area (Å²) in [7, 11) is 3.01. The zero-order valence-corrected chi connectivity index (χ0v) is 15.3. The molecule has 8 heteroatoms. The lowest BCUT2D eigenvalue weighted by molar-refractivity contribution is -0.156. The van der Waals surface area contributed by atoms with E-state index in [-0.39, 0.29) is 45.5 Å². The second-order valence-electron chi connectivity index (χ2n) is 6.87. The fourth-order valence-corrected chi connectivity index (χ4v) is 2.45. The van der Waals surface area contributed by atoms with Gasteiger partial charge in [0.05, 0.1) is 18.6 Å². The van der Waals surface area contributed by atoms with Crippen LogP contribution in [0.2, 0.25) is 0 Å². The van der Waals surface area contributed by atoms with Gasteiger partial charge in [-0.15, -0.1) is 0 Å². The standard InChI is InChI=1S/C16H29NO7/c1-15(2,3)24-14(19)17-7-6-13(18)16(8-17,9-22-11-20-4)10-23-12-21-5/h6-12H2,1-5H3. The number of ketones is 1. The molecule has 0 bridgehead atoms. The highest BCUT2D eigenvalue weighted by Crippen LogP contribution is 2.29. The first-order valence-electron chi connectivity index (χ1n) is 7.89. The van der Waals surface area contributed by atoms with E-state index in [9.17, 15) is 9.59 Å². The Kier molecular flexibility index (Phi) is 8.08. The number of carbonyl (C=O) groups excluding carboxylic acids is 2. The molecule has 140 valence electrons. The molecule has 0 aromatic carbocycles. The first-order chi connectivity index (χ1) is 11.2. The van der Waals surface area contributed by atoms with Gasteiger partial charge in [0.25, 0.3) is 0 Å². The highest BCUT2D eigenvalue weighted by Gasteiger charge is 2.45. The van der Waals surface area contributed by atoms with Gasteiger partial charge in [-0.2, -0.15) is 0 Å². The molecule has 1 aliphatic heterocycles. The van der Waals surface area contributed by atoms with Crippen LogP contribution in [-0.2, 0) is 28.5 Å². The Labute approximate surface area is 143 Å². The summed E-state index contributed by atoms with van der Waals surface area (Å²) in [5.41, 5.74) is -1.55. The Bertz CT molecular complexity index is 409. The Balaban J connectivity index is 2.83. The first-order valence-corrected chi connectivity index (χ1v) is 7.89. The minimum absolute atomic E-state index is 0.00508.